The van der Waals surface area contributed by atoms with Crippen LogP contribution in [-0.4, -0.2) is 35.8 Å². The molecule has 1 aliphatic heterocycles. The minimum Gasteiger partial charge on any atom is -0.504 e. The van der Waals surface area contributed by atoms with Crippen molar-refractivity contribution in [2.75, 3.05) is 7.11 Å². The third kappa shape index (κ3) is 3.61. The highest BCUT2D eigenvalue weighted by molar-refractivity contribution is 6.08. The van der Waals surface area contributed by atoms with Gasteiger partial charge in [-0.2, -0.15) is 0 Å². The number of hydrogen-bond donors (Lipinski definition) is 1. The van der Waals surface area contributed by atoms with E-state index < -0.39 is 17.8 Å². The number of benzene rings is 1. The van der Waals surface area contributed by atoms with Crippen molar-refractivity contribution in [2.24, 2.45) is 10.9 Å². The zero-order valence-electron chi connectivity index (χ0n) is 16.1. The smallest absolute Gasteiger partial charge is 0.315 e. The molecule has 0 saturated heterocycles. The average molecular weight is 371 g/mol. The number of carbonyl (C=O) groups excluding carboxylic acids is 2. The molecule has 0 saturated carbocycles. The van der Waals surface area contributed by atoms with Gasteiger partial charge in [-0.05, 0) is 51.3 Å². The van der Waals surface area contributed by atoms with Crippen LogP contribution in [0.25, 0.3) is 0 Å². The predicted octanol–water partition coefficient (Wildman–Crippen LogP) is 3.53. The number of Topliss-reactive ketones (excluding diaryl/α,β-unsaturated/α-hetero) is 1. The molecule has 0 spiro atoms. The number of phenolic OH excluding ortho intramolecular Hbond substituents is 1. The molecule has 1 unspecified atom stereocenters. The van der Waals surface area contributed by atoms with E-state index in [4.69, 9.17) is 9.47 Å². The van der Waals surface area contributed by atoms with E-state index in [1.54, 1.807) is 32.9 Å². The topological polar surface area (TPSA) is 85.2 Å². The fraction of sp³-hybridized carbons (Fsp3) is 0.476. The number of rotatable bonds is 4. The number of allylic oxidation sites excluding steroid dienone is 2. The Balaban J connectivity index is 2.16. The first-order valence-corrected chi connectivity index (χ1v) is 9.22. The Morgan fingerprint density at radius 1 is 1.30 bits per heavy atom. The van der Waals surface area contributed by atoms with Crippen LogP contribution in [0.2, 0.25) is 0 Å². The number of phenols is 1. The van der Waals surface area contributed by atoms with Gasteiger partial charge in [-0.1, -0.05) is 6.07 Å². The van der Waals surface area contributed by atoms with Crippen molar-refractivity contribution >= 4 is 17.5 Å². The second-order valence-electron chi connectivity index (χ2n) is 7.26. The molecule has 27 heavy (non-hydrogen) atoms. The molecular formula is C21H25NO5. The first kappa shape index (κ1) is 19.1. The zero-order chi connectivity index (χ0) is 19.7. The van der Waals surface area contributed by atoms with Gasteiger partial charge in [-0.25, -0.2) is 0 Å². The minimum absolute atomic E-state index is 0.00734. The summed E-state index contributed by atoms with van der Waals surface area (Å²) in [6.45, 7) is 5.39. The van der Waals surface area contributed by atoms with Crippen LogP contribution in [0.5, 0.6) is 11.5 Å². The number of hydrogen-bond acceptors (Lipinski definition) is 6. The summed E-state index contributed by atoms with van der Waals surface area (Å²) >= 11 is 0. The number of nitrogens with zero attached hydrogens (tertiary/aromatic N) is 1. The lowest BCUT2D eigenvalue weighted by molar-refractivity contribution is -0.150. The second-order valence-corrected chi connectivity index (χ2v) is 7.26. The highest BCUT2D eigenvalue weighted by atomic mass is 16.5. The number of esters is 1. The molecule has 0 amide bonds. The summed E-state index contributed by atoms with van der Waals surface area (Å²) in [7, 11) is 1.47. The molecule has 1 aromatic carbocycles. The molecular weight excluding hydrogens is 346 g/mol. The number of ether oxygens (including phenoxy) is 2. The Labute approximate surface area is 158 Å². The maximum absolute atomic E-state index is 12.9. The highest BCUT2D eigenvalue weighted by Crippen LogP contribution is 2.45. The van der Waals surface area contributed by atoms with Crippen LogP contribution in [0.15, 0.2) is 34.5 Å². The third-order valence-corrected chi connectivity index (χ3v) is 5.00. The molecule has 1 aliphatic carbocycles. The van der Waals surface area contributed by atoms with Crippen molar-refractivity contribution < 1.29 is 24.2 Å². The molecule has 2 atom stereocenters. The summed E-state index contributed by atoms with van der Waals surface area (Å²) < 4.78 is 10.7. The Bertz CT molecular complexity index is 837. The molecule has 0 aromatic heterocycles. The largest absolute Gasteiger partial charge is 0.504 e. The van der Waals surface area contributed by atoms with E-state index >= 15 is 0 Å². The molecule has 1 aromatic rings. The van der Waals surface area contributed by atoms with Crippen molar-refractivity contribution in [2.45, 2.75) is 52.1 Å². The Morgan fingerprint density at radius 3 is 2.70 bits per heavy atom. The Morgan fingerprint density at radius 2 is 2.04 bits per heavy atom. The number of ketones is 1. The molecule has 1 N–H and O–H groups in total. The molecule has 0 bridgehead atoms. The maximum Gasteiger partial charge on any atom is 0.315 e. The van der Waals surface area contributed by atoms with E-state index in [2.05, 4.69) is 4.99 Å². The second kappa shape index (κ2) is 7.55. The molecule has 2 aliphatic rings. The number of aliphatic imine (C=N–C) groups is 1. The van der Waals surface area contributed by atoms with Crippen molar-refractivity contribution in [3.63, 3.8) is 0 Å². The van der Waals surface area contributed by atoms with Gasteiger partial charge in [-0.3, -0.25) is 14.6 Å². The first-order valence-electron chi connectivity index (χ1n) is 9.22. The molecule has 3 rings (SSSR count). The maximum atomic E-state index is 12.9. The van der Waals surface area contributed by atoms with E-state index in [1.165, 1.54) is 13.2 Å². The SMILES string of the molecule is COc1cc([C@H]2C3=C(CCCC3=O)N=C(C)C2C(=O)OC(C)C)ccc1O. The van der Waals surface area contributed by atoms with Gasteiger partial charge >= 0.3 is 5.97 Å². The molecule has 144 valence electrons. The normalized spacial score (nSPS) is 22.4. The van der Waals surface area contributed by atoms with Crippen LogP contribution < -0.4 is 4.74 Å². The molecule has 1 heterocycles. The average Bonchev–Trinajstić information content (AvgIpc) is 2.60. The summed E-state index contributed by atoms with van der Waals surface area (Å²) in [6.07, 6.45) is 1.67. The highest BCUT2D eigenvalue weighted by Gasteiger charge is 2.43. The van der Waals surface area contributed by atoms with Gasteiger partial charge in [0.15, 0.2) is 17.3 Å². The van der Waals surface area contributed by atoms with Crippen LogP contribution in [0, 0.1) is 5.92 Å². The predicted molar refractivity (Wildman–Crippen MR) is 101 cm³/mol. The molecule has 6 nitrogen and oxygen atoms in total. The fourth-order valence-corrected chi connectivity index (χ4v) is 3.87. The first-order chi connectivity index (χ1) is 12.8. The van der Waals surface area contributed by atoms with Crippen LogP contribution in [0.3, 0.4) is 0 Å². The van der Waals surface area contributed by atoms with Crippen molar-refractivity contribution in [3.05, 3.63) is 35.0 Å². The lowest BCUT2D eigenvalue weighted by Crippen LogP contribution is -2.38. The number of methoxy groups -OCH3 is 1. The summed E-state index contributed by atoms with van der Waals surface area (Å²) in [5.41, 5.74) is 2.72. The van der Waals surface area contributed by atoms with E-state index in [0.29, 0.717) is 23.5 Å². The monoisotopic (exact) mass is 371 g/mol. The van der Waals surface area contributed by atoms with E-state index in [-0.39, 0.29) is 17.6 Å². The van der Waals surface area contributed by atoms with E-state index in [9.17, 15) is 14.7 Å². The summed E-state index contributed by atoms with van der Waals surface area (Å²) in [4.78, 5) is 30.3. The van der Waals surface area contributed by atoms with Gasteiger partial charge in [0.1, 0.15) is 5.92 Å². The van der Waals surface area contributed by atoms with Gasteiger partial charge in [0.25, 0.3) is 0 Å². The Kier molecular flexibility index (Phi) is 5.35. The van der Waals surface area contributed by atoms with Gasteiger partial charge in [0, 0.05) is 29.3 Å². The lowest BCUT2D eigenvalue weighted by Gasteiger charge is -2.34. The van der Waals surface area contributed by atoms with E-state index in [0.717, 1.165) is 24.1 Å². The van der Waals surface area contributed by atoms with Gasteiger partial charge in [0.2, 0.25) is 0 Å². The summed E-state index contributed by atoms with van der Waals surface area (Å²) in [5.74, 6) is -1.24. The quantitative estimate of drug-likeness (QED) is 0.819. The van der Waals surface area contributed by atoms with Crippen LogP contribution in [-0.2, 0) is 14.3 Å². The van der Waals surface area contributed by atoms with Gasteiger partial charge in [0.05, 0.1) is 13.2 Å². The standard InChI is InChI=1S/C21H25NO5/c1-11(2)27-21(25)18-12(3)22-14-6-5-7-16(24)20(14)19(18)13-8-9-15(23)17(10-13)26-4/h8-11,18-19,23H,5-7H2,1-4H3/t18?,19-/m1/s1. The fourth-order valence-electron chi connectivity index (χ4n) is 3.87. The zero-order valence-corrected chi connectivity index (χ0v) is 16.1. The van der Waals surface area contributed by atoms with Gasteiger partial charge < -0.3 is 14.6 Å². The lowest BCUT2D eigenvalue weighted by atomic mass is 9.71. The van der Waals surface area contributed by atoms with Crippen LogP contribution in [0.1, 0.15) is 51.5 Å². The third-order valence-electron chi connectivity index (χ3n) is 5.00. The minimum atomic E-state index is -0.678. The van der Waals surface area contributed by atoms with Crippen molar-refractivity contribution in [3.8, 4) is 11.5 Å². The van der Waals surface area contributed by atoms with Crippen molar-refractivity contribution in [1.29, 1.82) is 0 Å². The van der Waals surface area contributed by atoms with Crippen LogP contribution >= 0.6 is 0 Å². The summed E-state index contributed by atoms with van der Waals surface area (Å²) in [6, 6.07) is 4.93. The summed E-state index contributed by atoms with van der Waals surface area (Å²) in [5, 5.41) is 9.94. The Hall–Kier alpha value is -2.63. The molecule has 6 heteroatoms. The van der Waals surface area contributed by atoms with E-state index in [1.807, 2.05) is 0 Å². The molecule has 0 radical (unpaired) electrons. The molecule has 0 fully saturated rings. The van der Waals surface area contributed by atoms with Gasteiger partial charge in [-0.15, -0.1) is 0 Å². The number of aromatic hydroxyl groups is 1. The van der Waals surface area contributed by atoms with Crippen LogP contribution in [0.4, 0.5) is 0 Å². The number of carbonyl (C=O) groups is 2. The van der Waals surface area contributed by atoms with Crippen molar-refractivity contribution in [1.82, 2.24) is 0 Å².